The number of ether oxygens (including phenoxy) is 2. The Labute approximate surface area is 129 Å². The van der Waals surface area contributed by atoms with Crippen LogP contribution in [0.4, 0.5) is 5.69 Å². The van der Waals surface area contributed by atoms with Crippen molar-refractivity contribution in [2.75, 3.05) is 44.4 Å². The van der Waals surface area contributed by atoms with Crippen LogP contribution in [-0.4, -0.2) is 45.8 Å². The molecule has 0 unspecified atom stereocenters. The number of aldehydes is 1. The molecule has 0 aliphatic rings. The Hall–Kier alpha value is -0.910. The van der Waals surface area contributed by atoms with Gasteiger partial charge < -0.3 is 14.4 Å². The molecule has 1 aromatic carbocycles. The van der Waals surface area contributed by atoms with Gasteiger partial charge in [-0.25, -0.2) is 0 Å². The summed E-state index contributed by atoms with van der Waals surface area (Å²) in [5.74, 6) is 0. The van der Waals surface area contributed by atoms with Crippen LogP contribution in [0.2, 0.25) is 0 Å². The van der Waals surface area contributed by atoms with E-state index in [2.05, 4.69) is 20.8 Å². The maximum atomic E-state index is 10.8. The lowest BCUT2D eigenvalue weighted by atomic mass is 10.2. The summed E-state index contributed by atoms with van der Waals surface area (Å²) in [7, 11) is 0. The number of nitrogens with zero attached hydrogens (tertiary/aromatic N) is 1. The lowest BCUT2D eigenvalue weighted by Gasteiger charge is -2.25. The second kappa shape index (κ2) is 9.91. The first-order chi connectivity index (χ1) is 9.72. The van der Waals surface area contributed by atoms with Gasteiger partial charge in [-0.05, 0) is 48.0 Å². The Morgan fingerprint density at radius 1 is 1.15 bits per heavy atom. The van der Waals surface area contributed by atoms with Crippen LogP contribution in [0.25, 0.3) is 0 Å². The van der Waals surface area contributed by atoms with Crippen molar-refractivity contribution in [1.82, 2.24) is 0 Å². The number of benzene rings is 1. The Morgan fingerprint density at radius 3 is 2.20 bits per heavy atom. The number of anilines is 1. The van der Waals surface area contributed by atoms with Gasteiger partial charge in [0.2, 0.25) is 0 Å². The van der Waals surface area contributed by atoms with Gasteiger partial charge in [-0.2, -0.15) is 0 Å². The minimum absolute atomic E-state index is 0.656. The molecule has 0 saturated heterocycles. The van der Waals surface area contributed by atoms with Gasteiger partial charge in [0.25, 0.3) is 0 Å². The zero-order valence-corrected chi connectivity index (χ0v) is 13.7. The van der Waals surface area contributed by atoms with Crippen LogP contribution >= 0.6 is 15.9 Å². The van der Waals surface area contributed by atoms with Crippen LogP contribution in [0.3, 0.4) is 0 Å². The summed E-state index contributed by atoms with van der Waals surface area (Å²) in [6.07, 6.45) is 0.846. The second-order valence-electron chi connectivity index (χ2n) is 4.20. The molecule has 0 aliphatic heterocycles. The molecule has 0 aliphatic carbocycles. The van der Waals surface area contributed by atoms with Crippen molar-refractivity contribution in [3.8, 4) is 0 Å². The Kier molecular flexibility index (Phi) is 8.49. The second-order valence-corrected chi connectivity index (χ2v) is 5.06. The van der Waals surface area contributed by atoms with E-state index in [4.69, 9.17) is 9.47 Å². The van der Waals surface area contributed by atoms with Gasteiger partial charge in [0, 0.05) is 42.0 Å². The fourth-order valence-electron chi connectivity index (χ4n) is 1.82. The van der Waals surface area contributed by atoms with Crippen molar-refractivity contribution < 1.29 is 14.3 Å². The molecule has 1 rings (SSSR count). The molecule has 5 heteroatoms. The van der Waals surface area contributed by atoms with Gasteiger partial charge in [-0.15, -0.1) is 0 Å². The van der Waals surface area contributed by atoms with Crippen molar-refractivity contribution in [2.24, 2.45) is 0 Å². The van der Waals surface area contributed by atoms with Crippen molar-refractivity contribution in [2.45, 2.75) is 13.8 Å². The van der Waals surface area contributed by atoms with E-state index in [1.807, 2.05) is 32.0 Å². The third-order valence-corrected chi connectivity index (χ3v) is 3.58. The Morgan fingerprint density at radius 2 is 1.75 bits per heavy atom. The van der Waals surface area contributed by atoms with Gasteiger partial charge >= 0.3 is 0 Å². The summed E-state index contributed by atoms with van der Waals surface area (Å²) in [4.78, 5) is 13.0. The quantitative estimate of drug-likeness (QED) is 0.483. The van der Waals surface area contributed by atoms with E-state index in [0.717, 1.165) is 29.5 Å². The summed E-state index contributed by atoms with van der Waals surface area (Å²) < 4.78 is 11.6. The minimum atomic E-state index is 0.656. The van der Waals surface area contributed by atoms with E-state index in [1.54, 1.807) is 0 Å². The standard InChI is InChI=1S/C15H22BrNO3/c1-3-19-9-7-17(8-10-20-4-2)14-6-5-13(12-18)15(16)11-14/h5-6,11-12H,3-4,7-10H2,1-2H3. The zero-order valence-electron chi connectivity index (χ0n) is 12.1. The predicted octanol–water partition coefficient (Wildman–Crippen LogP) is 3.14. The summed E-state index contributed by atoms with van der Waals surface area (Å²) in [5, 5.41) is 0. The fraction of sp³-hybridized carbons (Fsp3) is 0.533. The number of carbonyl (C=O) groups excluding carboxylic acids is 1. The van der Waals surface area contributed by atoms with Crippen LogP contribution in [0.5, 0.6) is 0 Å². The van der Waals surface area contributed by atoms with Crippen molar-refractivity contribution in [1.29, 1.82) is 0 Å². The maximum Gasteiger partial charge on any atom is 0.151 e. The summed E-state index contributed by atoms with van der Waals surface area (Å²) in [6, 6.07) is 5.73. The molecule has 0 aromatic heterocycles. The van der Waals surface area contributed by atoms with E-state index in [1.165, 1.54) is 0 Å². The molecule has 0 heterocycles. The van der Waals surface area contributed by atoms with Crippen molar-refractivity contribution in [3.05, 3.63) is 28.2 Å². The van der Waals surface area contributed by atoms with Gasteiger partial charge in [0.15, 0.2) is 6.29 Å². The smallest absolute Gasteiger partial charge is 0.151 e. The first-order valence-electron chi connectivity index (χ1n) is 6.88. The molecule has 0 N–H and O–H groups in total. The molecule has 0 spiro atoms. The first-order valence-corrected chi connectivity index (χ1v) is 7.67. The molecule has 4 nitrogen and oxygen atoms in total. The van der Waals surface area contributed by atoms with Gasteiger partial charge in [-0.3, -0.25) is 4.79 Å². The fourth-order valence-corrected chi connectivity index (χ4v) is 2.28. The largest absolute Gasteiger partial charge is 0.380 e. The predicted molar refractivity (Wildman–Crippen MR) is 84.7 cm³/mol. The minimum Gasteiger partial charge on any atom is -0.380 e. The third kappa shape index (κ3) is 5.61. The highest BCUT2D eigenvalue weighted by atomic mass is 79.9. The molecule has 20 heavy (non-hydrogen) atoms. The molecule has 112 valence electrons. The molecule has 0 bridgehead atoms. The number of carbonyl (C=O) groups is 1. The van der Waals surface area contributed by atoms with Gasteiger partial charge in [0.1, 0.15) is 0 Å². The van der Waals surface area contributed by atoms with E-state index in [-0.39, 0.29) is 0 Å². The number of hydrogen-bond donors (Lipinski definition) is 0. The highest BCUT2D eigenvalue weighted by Crippen LogP contribution is 2.23. The average molecular weight is 344 g/mol. The van der Waals surface area contributed by atoms with Crippen molar-refractivity contribution >= 4 is 27.9 Å². The SMILES string of the molecule is CCOCCN(CCOCC)c1ccc(C=O)c(Br)c1. The molecule has 0 radical (unpaired) electrons. The average Bonchev–Trinajstić information content (AvgIpc) is 2.46. The van der Waals surface area contributed by atoms with E-state index in [9.17, 15) is 4.79 Å². The van der Waals surface area contributed by atoms with Crippen molar-refractivity contribution in [3.63, 3.8) is 0 Å². The summed E-state index contributed by atoms with van der Waals surface area (Å²) in [6.45, 7) is 8.35. The highest BCUT2D eigenvalue weighted by Gasteiger charge is 2.09. The zero-order chi connectivity index (χ0) is 14.8. The first kappa shape index (κ1) is 17.1. The molecule has 0 amide bonds. The number of hydrogen-bond acceptors (Lipinski definition) is 4. The van der Waals surface area contributed by atoms with Crippen LogP contribution < -0.4 is 4.90 Å². The van der Waals surface area contributed by atoms with Crippen LogP contribution in [0.1, 0.15) is 24.2 Å². The van der Waals surface area contributed by atoms with E-state index >= 15 is 0 Å². The molecule has 0 fully saturated rings. The van der Waals surface area contributed by atoms with Gasteiger partial charge in [-0.1, -0.05) is 0 Å². The lowest BCUT2D eigenvalue weighted by Crippen LogP contribution is -2.31. The van der Waals surface area contributed by atoms with Crippen LogP contribution in [0, 0.1) is 0 Å². The molecule has 0 saturated carbocycles. The summed E-state index contributed by atoms with van der Waals surface area (Å²) >= 11 is 3.42. The summed E-state index contributed by atoms with van der Waals surface area (Å²) in [5.41, 5.74) is 1.71. The monoisotopic (exact) mass is 343 g/mol. The Balaban J connectivity index is 2.73. The van der Waals surface area contributed by atoms with Gasteiger partial charge in [0.05, 0.1) is 13.2 Å². The lowest BCUT2D eigenvalue weighted by molar-refractivity contribution is 0.112. The third-order valence-electron chi connectivity index (χ3n) is 2.90. The Bertz CT molecular complexity index is 402. The van der Waals surface area contributed by atoms with E-state index < -0.39 is 0 Å². The molecule has 0 atom stereocenters. The molecule has 1 aromatic rings. The molecular formula is C15H22BrNO3. The highest BCUT2D eigenvalue weighted by molar-refractivity contribution is 9.10. The topological polar surface area (TPSA) is 38.8 Å². The van der Waals surface area contributed by atoms with Crippen LogP contribution in [-0.2, 0) is 9.47 Å². The van der Waals surface area contributed by atoms with E-state index in [0.29, 0.717) is 32.0 Å². The normalized spacial score (nSPS) is 10.6. The maximum absolute atomic E-state index is 10.8. The van der Waals surface area contributed by atoms with Crippen LogP contribution in [0.15, 0.2) is 22.7 Å². The molecular weight excluding hydrogens is 322 g/mol. The number of rotatable bonds is 10. The number of halogens is 1.